The summed E-state index contributed by atoms with van der Waals surface area (Å²) in [4.78, 5) is 23.8. The molecule has 0 radical (unpaired) electrons. The van der Waals surface area contributed by atoms with Gasteiger partial charge in [-0.25, -0.2) is 10.2 Å². The van der Waals surface area contributed by atoms with Crippen LogP contribution in [0.15, 0.2) is 52.2 Å². The molecule has 1 aromatic carbocycles. The molecule has 3 aromatic rings. The highest BCUT2D eigenvalue weighted by Gasteiger charge is 2.15. The molecule has 0 saturated heterocycles. The zero-order valence-electron chi connectivity index (χ0n) is 14.6. The number of esters is 1. The maximum atomic E-state index is 12.0. The summed E-state index contributed by atoms with van der Waals surface area (Å²) in [5, 5.41) is 10.4. The molecule has 0 aliphatic carbocycles. The molecule has 0 spiro atoms. The first-order valence-electron chi connectivity index (χ1n) is 7.86. The maximum Gasteiger partial charge on any atom is 0.379 e. The molecular weight excluding hydrogens is 352 g/mol. The van der Waals surface area contributed by atoms with E-state index in [1.165, 1.54) is 25.7 Å². The highest BCUT2D eigenvalue weighted by molar-refractivity contribution is 5.93. The van der Waals surface area contributed by atoms with Gasteiger partial charge in [-0.05, 0) is 48.9 Å². The largest absolute Gasteiger partial charge is 0.493 e. The fourth-order valence-electron chi connectivity index (χ4n) is 2.15. The summed E-state index contributed by atoms with van der Waals surface area (Å²) >= 11 is 0. The molecule has 27 heavy (non-hydrogen) atoms. The summed E-state index contributed by atoms with van der Waals surface area (Å²) in [6.07, 6.45) is 2.81. The number of benzene rings is 1. The van der Waals surface area contributed by atoms with Crippen LogP contribution in [-0.2, 0) is 0 Å². The number of nitrogens with zero attached hydrogens (tertiary/aromatic N) is 2. The van der Waals surface area contributed by atoms with Crippen molar-refractivity contribution in [2.45, 2.75) is 6.92 Å². The molecule has 0 fully saturated rings. The highest BCUT2D eigenvalue weighted by Crippen LogP contribution is 2.28. The Labute approximate surface area is 154 Å². The van der Waals surface area contributed by atoms with Gasteiger partial charge in [0.25, 0.3) is 5.91 Å². The molecule has 2 N–H and O–H groups in total. The first kappa shape index (κ1) is 17.9. The van der Waals surface area contributed by atoms with Gasteiger partial charge in [-0.2, -0.15) is 10.2 Å². The first-order valence-corrected chi connectivity index (χ1v) is 7.86. The van der Waals surface area contributed by atoms with E-state index in [4.69, 9.17) is 13.9 Å². The number of furan rings is 1. The van der Waals surface area contributed by atoms with E-state index in [1.807, 2.05) is 0 Å². The van der Waals surface area contributed by atoms with Crippen LogP contribution in [0.5, 0.6) is 11.5 Å². The molecular formula is C18H16N4O5. The van der Waals surface area contributed by atoms with Crippen LogP contribution in [0.1, 0.15) is 32.3 Å². The van der Waals surface area contributed by atoms with Gasteiger partial charge in [-0.1, -0.05) is 0 Å². The minimum atomic E-state index is -0.638. The van der Waals surface area contributed by atoms with E-state index in [0.717, 1.165) is 5.69 Å². The summed E-state index contributed by atoms with van der Waals surface area (Å²) in [7, 11) is 1.45. The number of aromatic nitrogens is 2. The fraction of sp³-hybridized carbons (Fsp3) is 0.111. The van der Waals surface area contributed by atoms with Crippen molar-refractivity contribution in [3.8, 4) is 11.5 Å². The van der Waals surface area contributed by atoms with Crippen LogP contribution in [-0.4, -0.2) is 35.4 Å². The van der Waals surface area contributed by atoms with Crippen LogP contribution in [0.2, 0.25) is 0 Å². The second kappa shape index (κ2) is 8.00. The van der Waals surface area contributed by atoms with Gasteiger partial charge in [0.1, 0.15) is 0 Å². The Hall–Kier alpha value is -3.88. The lowest BCUT2D eigenvalue weighted by atomic mass is 10.2. The van der Waals surface area contributed by atoms with Gasteiger partial charge in [0.2, 0.25) is 5.76 Å². The number of H-pyrrole nitrogens is 1. The Morgan fingerprint density at radius 2 is 2.11 bits per heavy atom. The van der Waals surface area contributed by atoms with Gasteiger partial charge in [0.05, 0.1) is 19.6 Å². The number of nitrogens with one attached hydrogen (secondary N) is 2. The van der Waals surface area contributed by atoms with Crippen molar-refractivity contribution in [1.82, 2.24) is 15.6 Å². The van der Waals surface area contributed by atoms with E-state index in [9.17, 15) is 9.59 Å². The number of carbonyl (C=O) groups is 2. The second-order valence-corrected chi connectivity index (χ2v) is 5.41. The number of amides is 1. The molecule has 3 rings (SSSR count). The molecule has 0 unspecified atom stereocenters. The number of carbonyl (C=O) groups excluding carboxylic acids is 2. The third-order valence-electron chi connectivity index (χ3n) is 3.43. The minimum Gasteiger partial charge on any atom is -0.493 e. The second-order valence-electron chi connectivity index (χ2n) is 5.41. The molecule has 2 aromatic heterocycles. The van der Waals surface area contributed by atoms with Gasteiger partial charge in [-0.15, -0.1) is 0 Å². The lowest BCUT2D eigenvalue weighted by Gasteiger charge is -2.08. The van der Waals surface area contributed by atoms with E-state index in [1.54, 1.807) is 37.3 Å². The van der Waals surface area contributed by atoms with Gasteiger partial charge in [0.15, 0.2) is 17.2 Å². The van der Waals surface area contributed by atoms with Crippen LogP contribution < -0.4 is 14.9 Å². The summed E-state index contributed by atoms with van der Waals surface area (Å²) < 4.78 is 15.5. The lowest BCUT2D eigenvalue weighted by molar-refractivity contribution is 0.0696. The number of aryl methyl sites for hydroxylation is 1. The van der Waals surface area contributed by atoms with Crippen molar-refractivity contribution in [1.29, 1.82) is 0 Å². The lowest BCUT2D eigenvalue weighted by Crippen LogP contribution is -2.18. The van der Waals surface area contributed by atoms with Crippen molar-refractivity contribution < 1.29 is 23.5 Å². The molecule has 0 aliphatic rings. The Bertz CT molecular complexity index is 976. The van der Waals surface area contributed by atoms with Crippen molar-refractivity contribution in [3.63, 3.8) is 0 Å². The molecule has 0 atom stereocenters. The predicted molar refractivity (Wildman–Crippen MR) is 95.0 cm³/mol. The molecule has 9 heteroatoms. The van der Waals surface area contributed by atoms with E-state index in [2.05, 4.69) is 20.7 Å². The Morgan fingerprint density at radius 3 is 2.78 bits per heavy atom. The van der Waals surface area contributed by atoms with Crippen LogP contribution in [0, 0.1) is 6.92 Å². The van der Waals surface area contributed by atoms with Crippen LogP contribution in [0.4, 0.5) is 0 Å². The summed E-state index contributed by atoms with van der Waals surface area (Å²) in [5.74, 6) is -0.438. The summed E-state index contributed by atoms with van der Waals surface area (Å²) in [6.45, 7) is 1.79. The monoisotopic (exact) mass is 368 g/mol. The van der Waals surface area contributed by atoms with Gasteiger partial charge in [-0.3, -0.25) is 9.89 Å². The third kappa shape index (κ3) is 4.40. The average molecular weight is 368 g/mol. The molecule has 1 amide bonds. The number of rotatable bonds is 6. The zero-order valence-corrected chi connectivity index (χ0v) is 14.6. The summed E-state index contributed by atoms with van der Waals surface area (Å²) in [5.41, 5.74) is 4.01. The number of aromatic amines is 1. The van der Waals surface area contributed by atoms with Crippen LogP contribution in [0.3, 0.4) is 0 Å². The minimum absolute atomic E-state index is 0.0824. The predicted octanol–water partition coefficient (Wildman–Crippen LogP) is 2.30. The number of ether oxygens (including phenoxy) is 2. The SMILES string of the molecule is COc1cc(/C=N\NC(=O)c2cc(C)[nH]n2)ccc1OC(=O)c1ccco1. The molecule has 0 saturated carbocycles. The van der Waals surface area contributed by atoms with Crippen molar-refractivity contribution >= 4 is 18.1 Å². The third-order valence-corrected chi connectivity index (χ3v) is 3.43. The molecule has 0 aliphatic heterocycles. The average Bonchev–Trinajstić information content (AvgIpc) is 3.34. The van der Waals surface area contributed by atoms with Gasteiger partial charge < -0.3 is 13.9 Å². The van der Waals surface area contributed by atoms with Crippen molar-refractivity contribution in [2.75, 3.05) is 7.11 Å². The van der Waals surface area contributed by atoms with E-state index >= 15 is 0 Å². The zero-order chi connectivity index (χ0) is 19.2. The fourth-order valence-corrected chi connectivity index (χ4v) is 2.15. The highest BCUT2D eigenvalue weighted by atomic mass is 16.6. The van der Waals surface area contributed by atoms with Gasteiger partial charge >= 0.3 is 5.97 Å². The number of hydrogen-bond acceptors (Lipinski definition) is 7. The topological polar surface area (TPSA) is 119 Å². The van der Waals surface area contributed by atoms with E-state index in [-0.39, 0.29) is 17.2 Å². The number of hydrogen-bond donors (Lipinski definition) is 2. The Morgan fingerprint density at radius 1 is 1.26 bits per heavy atom. The standard InChI is InChI=1S/C18H16N4O5/c1-11-8-13(21-20-11)17(23)22-19-10-12-5-6-14(16(9-12)25-2)27-18(24)15-4-3-7-26-15/h3-10H,1-2H3,(H,20,21)(H,22,23)/b19-10-. The van der Waals surface area contributed by atoms with E-state index < -0.39 is 11.9 Å². The Kier molecular flexibility index (Phi) is 5.31. The molecule has 2 heterocycles. The summed E-state index contributed by atoms with van der Waals surface area (Å²) in [6, 6.07) is 9.52. The quantitative estimate of drug-likeness (QED) is 0.298. The van der Waals surface area contributed by atoms with Gasteiger partial charge in [0, 0.05) is 5.69 Å². The van der Waals surface area contributed by atoms with Crippen molar-refractivity contribution in [2.24, 2.45) is 5.10 Å². The molecule has 0 bridgehead atoms. The molecule has 138 valence electrons. The van der Waals surface area contributed by atoms with E-state index in [0.29, 0.717) is 11.3 Å². The number of hydrazone groups is 1. The van der Waals surface area contributed by atoms with Crippen LogP contribution >= 0.6 is 0 Å². The maximum absolute atomic E-state index is 12.0. The Balaban J connectivity index is 1.66. The molecule has 9 nitrogen and oxygen atoms in total. The van der Waals surface area contributed by atoms with Crippen LogP contribution in [0.25, 0.3) is 0 Å². The first-order chi connectivity index (χ1) is 13.1. The normalized spacial score (nSPS) is 10.7. The number of methoxy groups -OCH3 is 1. The smallest absolute Gasteiger partial charge is 0.379 e. The van der Waals surface area contributed by atoms with Crippen molar-refractivity contribution in [3.05, 3.63) is 65.4 Å².